The number of benzene rings is 2. The second-order valence-corrected chi connectivity index (χ2v) is 11.0. The van der Waals surface area contributed by atoms with Gasteiger partial charge in [-0.15, -0.1) is 0 Å². The molecule has 0 bridgehead atoms. The number of carbonyl (C=O) groups excluding carboxylic acids is 1. The van der Waals surface area contributed by atoms with Crippen LogP contribution in [0, 0.1) is 5.82 Å². The second-order valence-electron chi connectivity index (χ2n) is 9.08. The monoisotopic (exact) mass is 501 g/mol. The van der Waals surface area contributed by atoms with Crippen molar-refractivity contribution in [2.75, 3.05) is 39.4 Å². The molecule has 0 saturated carbocycles. The molecule has 9 nitrogen and oxygen atoms in total. The van der Waals surface area contributed by atoms with E-state index in [1.807, 2.05) is 0 Å². The molecule has 35 heavy (non-hydrogen) atoms. The van der Waals surface area contributed by atoms with E-state index >= 15 is 0 Å². The van der Waals surface area contributed by atoms with Gasteiger partial charge in [-0.2, -0.15) is 4.31 Å². The molecule has 4 heterocycles. The molecular weight excluding hydrogens is 477 g/mol. The Morgan fingerprint density at radius 1 is 0.971 bits per heavy atom. The molecule has 0 aliphatic carbocycles. The molecule has 0 radical (unpaired) electrons. The number of hydrogen-bond donors (Lipinski definition) is 2. The lowest BCUT2D eigenvalue weighted by molar-refractivity contribution is -0.139. The van der Waals surface area contributed by atoms with E-state index in [0.29, 0.717) is 54.5 Å². The van der Waals surface area contributed by atoms with Gasteiger partial charge in [0.25, 0.3) is 5.91 Å². The maximum Gasteiger partial charge on any atom is 0.256 e. The summed E-state index contributed by atoms with van der Waals surface area (Å²) in [4.78, 5) is 14.7. The number of rotatable bonds is 4. The molecular formula is C24H24FN3O6S. The molecule has 4 aliphatic rings. The van der Waals surface area contributed by atoms with Crippen molar-refractivity contribution in [3.05, 3.63) is 64.0 Å². The fourth-order valence-electron chi connectivity index (χ4n) is 5.16. The number of hydrogen-bond acceptors (Lipinski definition) is 7. The van der Waals surface area contributed by atoms with Crippen LogP contribution in [0.3, 0.4) is 0 Å². The van der Waals surface area contributed by atoms with E-state index in [0.717, 1.165) is 11.1 Å². The third-order valence-corrected chi connectivity index (χ3v) is 8.79. The van der Waals surface area contributed by atoms with Crippen LogP contribution in [0.25, 0.3) is 0 Å². The minimum absolute atomic E-state index is 0.130. The molecule has 0 fully saturated rings. The molecule has 1 atom stereocenters. The van der Waals surface area contributed by atoms with Gasteiger partial charge in [0.2, 0.25) is 10.0 Å². The van der Waals surface area contributed by atoms with Crippen molar-refractivity contribution in [3.63, 3.8) is 0 Å². The Morgan fingerprint density at radius 2 is 1.66 bits per heavy atom. The van der Waals surface area contributed by atoms with Crippen LogP contribution in [0.5, 0.6) is 11.5 Å². The summed E-state index contributed by atoms with van der Waals surface area (Å²) in [5.41, 5.74) is 3.24. The normalized spacial score (nSPS) is 20.2. The number of sulfonamides is 1. The van der Waals surface area contributed by atoms with Gasteiger partial charge in [-0.05, 0) is 40.5 Å². The lowest BCUT2D eigenvalue weighted by Crippen LogP contribution is -2.38. The van der Waals surface area contributed by atoms with Crippen LogP contribution < -0.4 is 14.8 Å². The zero-order valence-electron chi connectivity index (χ0n) is 18.8. The van der Waals surface area contributed by atoms with Crippen molar-refractivity contribution in [1.82, 2.24) is 14.5 Å². The third-order valence-electron chi connectivity index (χ3n) is 7.00. The second kappa shape index (κ2) is 8.30. The van der Waals surface area contributed by atoms with E-state index in [1.165, 1.54) is 33.5 Å². The lowest BCUT2D eigenvalue weighted by Gasteiger charge is -2.25. The van der Waals surface area contributed by atoms with Gasteiger partial charge in [-0.3, -0.25) is 4.79 Å². The number of carbonyl (C=O) groups is 1. The number of nitrogens with zero attached hydrogens (tertiary/aromatic N) is 2. The average molecular weight is 502 g/mol. The van der Waals surface area contributed by atoms with E-state index in [2.05, 4.69) is 5.32 Å². The van der Waals surface area contributed by atoms with E-state index in [9.17, 15) is 22.7 Å². The number of nitrogens with one attached hydrogen (secondary N) is 1. The first-order chi connectivity index (χ1) is 16.8. The Bertz CT molecular complexity index is 1360. The first-order valence-electron chi connectivity index (χ1n) is 11.4. The lowest BCUT2D eigenvalue weighted by atomic mass is 9.98. The Balaban J connectivity index is 1.14. The molecule has 2 aromatic carbocycles. The smallest absolute Gasteiger partial charge is 0.256 e. The van der Waals surface area contributed by atoms with E-state index in [1.54, 1.807) is 6.07 Å². The fraction of sp³-hybridized carbons (Fsp3) is 0.375. The molecule has 0 saturated heterocycles. The highest BCUT2D eigenvalue weighted by atomic mass is 32.2. The third kappa shape index (κ3) is 3.70. The predicted molar refractivity (Wildman–Crippen MR) is 122 cm³/mol. The van der Waals surface area contributed by atoms with Crippen LogP contribution in [0.1, 0.15) is 22.8 Å². The molecule has 0 unspecified atom stereocenters. The summed E-state index contributed by atoms with van der Waals surface area (Å²) in [5.74, 6) is 0.105. The molecule has 0 aromatic heterocycles. The Kier molecular flexibility index (Phi) is 5.33. The molecule has 2 N–H and O–H groups in total. The molecule has 2 aromatic rings. The van der Waals surface area contributed by atoms with Crippen molar-refractivity contribution in [2.24, 2.45) is 0 Å². The maximum atomic E-state index is 14.0. The van der Waals surface area contributed by atoms with Crippen LogP contribution in [-0.4, -0.2) is 68.0 Å². The van der Waals surface area contributed by atoms with Gasteiger partial charge >= 0.3 is 0 Å². The highest BCUT2D eigenvalue weighted by Crippen LogP contribution is 2.36. The summed E-state index contributed by atoms with van der Waals surface area (Å²) < 4.78 is 52.9. The number of fused-ring (bicyclic) bond motifs is 2. The van der Waals surface area contributed by atoms with Gasteiger partial charge in [0.1, 0.15) is 19.0 Å². The Hall–Kier alpha value is -2.99. The standard InChI is InChI=1S/C24H24FN3O6S/c25-20-3-2-17(18-8-26-9-19(18)20)23(29)24(30)27-10-14-12-28(13-15(14)11-27)35(31,32)16-1-4-21-22(7-16)34-6-5-33-21/h1-4,7,23,26,29H,5-6,8-13H2/t23-/m0/s1. The minimum Gasteiger partial charge on any atom is -0.486 e. The van der Waals surface area contributed by atoms with Gasteiger partial charge in [-0.1, -0.05) is 6.07 Å². The van der Waals surface area contributed by atoms with Gasteiger partial charge in [0.15, 0.2) is 17.6 Å². The van der Waals surface area contributed by atoms with Crippen molar-refractivity contribution in [1.29, 1.82) is 0 Å². The fourth-order valence-corrected chi connectivity index (χ4v) is 6.61. The van der Waals surface area contributed by atoms with Crippen molar-refractivity contribution in [3.8, 4) is 11.5 Å². The van der Waals surface area contributed by atoms with Crippen LogP contribution in [0.2, 0.25) is 0 Å². The van der Waals surface area contributed by atoms with E-state index in [4.69, 9.17) is 9.47 Å². The van der Waals surface area contributed by atoms with Crippen molar-refractivity contribution >= 4 is 15.9 Å². The van der Waals surface area contributed by atoms with Gasteiger partial charge in [-0.25, -0.2) is 12.8 Å². The number of ether oxygens (including phenoxy) is 2. The highest BCUT2D eigenvalue weighted by molar-refractivity contribution is 7.89. The van der Waals surface area contributed by atoms with Crippen molar-refractivity contribution < 1.29 is 32.2 Å². The SMILES string of the molecule is O=C([C@@H](O)c1ccc(F)c2c1CNC2)N1CC2=C(C1)CN(S(=O)(=O)c1ccc3c(c1)OCCO3)C2. The topological polar surface area (TPSA) is 108 Å². The molecule has 184 valence electrons. The average Bonchev–Trinajstić information content (AvgIpc) is 3.59. The zero-order valence-corrected chi connectivity index (χ0v) is 19.6. The van der Waals surface area contributed by atoms with Gasteiger partial charge in [0.05, 0.1) is 4.90 Å². The highest BCUT2D eigenvalue weighted by Gasteiger charge is 2.39. The van der Waals surface area contributed by atoms with Crippen LogP contribution in [-0.2, 0) is 27.9 Å². The first-order valence-corrected chi connectivity index (χ1v) is 12.8. The van der Waals surface area contributed by atoms with E-state index < -0.39 is 22.0 Å². The summed E-state index contributed by atoms with van der Waals surface area (Å²) >= 11 is 0. The summed E-state index contributed by atoms with van der Waals surface area (Å²) in [6, 6.07) is 7.33. The largest absolute Gasteiger partial charge is 0.486 e. The summed E-state index contributed by atoms with van der Waals surface area (Å²) in [7, 11) is -3.76. The Labute approximate surface area is 201 Å². The van der Waals surface area contributed by atoms with Gasteiger partial charge < -0.3 is 24.8 Å². The number of aliphatic hydroxyl groups excluding tert-OH is 1. The van der Waals surface area contributed by atoms with Crippen molar-refractivity contribution in [2.45, 2.75) is 24.1 Å². The van der Waals surface area contributed by atoms with Crippen LogP contribution in [0.4, 0.5) is 4.39 Å². The molecule has 0 spiro atoms. The quantitative estimate of drug-likeness (QED) is 0.604. The van der Waals surface area contributed by atoms with E-state index in [-0.39, 0.29) is 36.9 Å². The van der Waals surface area contributed by atoms with Crippen LogP contribution >= 0.6 is 0 Å². The predicted octanol–water partition coefficient (Wildman–Crippen LogP) is 1.08. The molecule has 4 aliphatic heterocycles. The number of amides is 1. The van der Waals surface area contributed by atoms with Crippen LogP contribution in [0.15, 0.2) is 46.4 Å². The Morgan fingerprint density at radius 3 is 2.40 bits per heavy atom. The molecule has 6 rings (SSSR count). The first kappa shape index (κ1) is 22.5. The summed E-state index contributed by atoms with van der Waals surface area (Å²) in [5, 5.41) is 13.9. The summed E-state index contributed by atoms with van der Waals surface area (Å²) in [6.45, 7) is 2.41. The molecule has 1 amide bonds. The minimum atomic E-state index is -3.76. The van der Waals surface area contributed by atoms with Gasteiger partial charge in [0, 0.05) is 50.9 Å². The number of halogens is 1. The summed E-state index contributed by atoms with van der Waals surface area (Å²) in [6.07, 6.45) is -1.40. The maximum absolute atomic E-state index is 14.0. The molecule has 11 heteroatoms. The number of aliphatic hydroxyl groups is 1. The zero-order chi connectivity index (χ0) is 24.3.